The number of aryl methyl sites for hydroxylation is 1. The van der Waals surface area contributed by atoms with E-state index in [4.69, 9.17) is 14.2 Å². The van der Waals surface area contributed by atoms with Gasteiger partial charge < -0.3 is 34.6 Å². The number of fused-ring (bicyclic) bond motifs is 1. The van der Waals surface area contributed by atoms with Crippen LogP contribution in [0.4, 0.5) is 0 Å². The molecule has 0 amide bonds. The predicted octanol–water partition coefficient (Wildman–Crippen LogP) is 2.75. The van der Waals surface area contributed by atoms with Gasteiger partial charge in [0.2, 0.25) is 0 Å². The van der Waals surface area contributed by atoms with Crippen LogP contribution in [0.5, 0.6) is 5.75 Å². The van der Waals surface area contributed by atoms with E-state index < -0.39 is 37.1 Å². The highest BCUT2D eigenvalue weighted by Crippen LogP contribution is 2.34. The number of hydrogen-bond acceptors (Lipinski definition) is 7. The number of aliphatic hydroxyl groups is 4. The van der Waals surface area contributed by atoms with Crippen molar-refractivity contribution in [3.63, 3.8) is 0 Å². The maximum Gasteiger partial charge on any atom is 0.119 e. The minimum absolute atomic E-state index is 0.0614. The van der Waals surface area contributed by atoms with Gasteiger partial charge >= 0.3 is 0 Å². The molecule has 3 aromatic carbocycles. The molecule has 0 aromatic heterocycles. The van der Waals surface area contributed by atoms with Gasteiger partial charge in [0.15, 0.2) is 0 Å². The molecule has 0 spiro atoms. The molecule has 36 heavy (non-hydrogen) atoms. The molecule has 2 aliphatic heterocycles. The largest absolute Gasteiger partial charge is 0.491 e. The van der Waals surface area contributed by atoms with Crippen molar-refractivity contribution >= 4 is 0 Å². The Labute approximate surface area is 210 Å². The van der Waals surface area contributed by atoms with Crippen molar-refractivity contribution in [1.29, 1.82) is 0 Å². The van der Waals surface area contributed by atoms with Gasteiger partial charge in [0, 0.05) is 0 Å². The molecule has 7 heteroatoms. The first kappa shape index (κ1) is 24.9. The first-order valence-electron chi connectivity index (χ1n) is 12.3. The summed E-state index contributed by atoms with van der Waals surface area (Å²) in [5.74, 6) is 0.776. The molecule has 0 aliphatic carbocycles. The molecule has 7 nitrogen and oxygen atoms in total. The lowest BCUT2D eigenvalue weighted by Gasteiger charge is -2.40. The zero-order valence-electron chi connectivity index (χ0n) is 20.2. The summed E-state index contributed by atoms with van der Waals surface area (Å²) in [7, 11) is 0. The van der Waals surface area contributed by atoms with E-state index in [1.54, 1.807) is 0 Å². The maximum atomic E-state index is 10.5. The summed E-state index contributed by atoms with van der Waals surface area (Å²) in [4.78, 5) is 0. The highest BCUT2D eigenvalue weighted by molar-refractivity contribution is 5.38. The van der Waals surface area contributed by atoms with Crippen LogP contribution in [0, 0.1) is 6.92 Å². The van der Waals surface area contributed by atoms with Gasteiger partial charge in [-0.25, -0.2) is 0 Å². The Morgan fingerprint density at radius 1 is 0.917 bits per heavy atom. The highest BCUT2D eigenvalue weighted by Gasteiger charge is 2.44. The molecule has 1 fully saturated rings. The third-order valence-corrected chi connectivity index (χ3v) is 7.16. The van der Waals surface area contributed by atoms with Gasteiger partial charge in [0.05, 0.1) is 13.2 Å². The van der Waals surface area contributed by atoms with Gasteiger partial charge in [-0.15, -0.1) is 0 Å². The van der Waals surface area contributed by atoms with Crippen LogP contribution < -0.4 is 4.74 Å². The molecular weight excluding hydrogens is 460 g/mol. The van der Waals surface area contributed by atoms with E-state index in [0.29, 0.717) is 25.2 Å². The van der Waals surface area contributed by atoms with E-state index in [2.05, 4.69) is 12.1 Å². The summed E-state index contributed by atoms with van der Waals surface area (Å²) in [5.41, 5.74) is 6.31. The minimum atomic E-state index is -1.40. The summed E-state index contributed by atoms with van der Waals surface area (Å²) < 4.78 is 17.6. The van der Waals surface area contributed by atoms with Crippen LogP contribution >= 0.6 is 0 Å². The van der Waals surface area contributed by atoms with Crippen LogP contribution in [0.2, 0.25) is 0 Å². The Morgan fingerprint density at radius 2 is 1.69 bits per heavy atom. The van der Waals surface area contributed by atoms with Crippen LogP contribution in [0.25, 0.3) is 0 Å². The van der Waals surface area contributed by atoms with Crippen molar-refractivity contribution in [1.82, 2.24) is 0 Å². The lowest BCUT2D eigenvalue weighted by atomic mass is 9.89. The second-order valence-corrected chi connectivity index (χ2v) is 9.57. The standard InChI is InChI=1S/C29H32O7/c1-17-6-9-19(29-28(33)27(32)26(31)24(14-30)36-29)13-21(17)12-18-7-10-22(11-8-18)34-16-25-23-5-3-2-4-20(23)15-35-25/h2-11,13,24-33H,12,14-16H2,1H3/t24-,25?,26-,27+,28-,29+/m1/s1. The Hall–Kier alpha value is -2.78. The zero-order chi connectivity index (χ0) is 25.2. The fraction of sp³-hybridized carbons (Fsp3) is 0.379. The Bertz CT molecular complexity index is 1180. The molecule has 0 bridgehead atoms. The Morgan fingerprint density at radius 3 is 2.47 bits per heavy atom. The van der Waals surface area contributed by atoms with Crippen molar-refractivity contribution in [2.24, 2.45) is 0 Å². The fourth-order valence-electron chi connectivity index (χ4n) is 4.93. The Kier molecular flexibility index (Phi) is 7.39. The first-order valence-corrected chi connectivity index (χ1v) is 12.3. The monoisotopic (exact) mass is 492 g/mol. The summed E-state index contributed by atoms with van der Waals surface area (Å²) in [6.45, 7) is 2.64. The molecule has 3 aromatic rings. The average molecular weight is 493 g/mol. The molecule has 4 N–H and O–H groups in total. The molecule has 2 aliphatic rings. The van der Waals surface area contributed by atoms with Crippen LogP contribution in [-0.2, 0) is 22.5 Å². The summed E-state index contributed by atoms with van der Waals surface area (Å²) in [6, 6.07) is 21.9. The molecular formula is C29H32O7. The van der Waals surface area contributed by atoms with Gasteiger partial charge in [0.1, 0.15) is 49.0 Å². The zero-order valence-corrected chi connectivity index (χ0v) is 20.2. The van der Waals surface area contributed by atoms with Gasteiger partial charge in [-0.1, -0.05) is 54.6 Å². The normalized spacial score (nSPS) is 27.6. The van der Waals surface area contributed by atoms with Crippen molar-refractivity contribution in [3.8, 4) is 5.75 Å². The third-order valence-electron chi connectivity index (χ3n) is 7.16. The van der Waals surface area contributed by atoms with Gasteiger partial charge in [-0.05, 0) is 58.9 Å². The van der Waals surface area contributed by atoms with Crippen LogP contribution in [-0.4, -0.2) is 58.1 Å². The van der Waals surface area contributed by atoms with Crippen LogP contribution in [0.1, 0.15) is 45.6 Å². The van der Waals surface area contributed by atoms with Crippen LogP contribution in [0.3, 0.4) is 0 Å². The highest BCUT2D eigenvalue weighted by atomic mass is 16.5. The SMILES string of the molecule is Cc1ccc([C@@H]2O[C@H](CO)[C@@H](O)[C@H](O)[C@H]2O)cc1Cc1ccc(OCC2OCc3ccccc32)cc1. The maximum absolute atomic E-state index is 10.5. The van der Waals surface area contributed by atoms with E-state index in [-0.39, 0.29) is 6.10 Å². The number of ether oxygens (including phenoxy) is 3. The van der Waals surface area contributed by atoms with Crippen LogP contribution in [0.15, 0.2) is 66.7 Å². The van der Waals surface area contributed by atoms with Crippen molar-refractivity contribution in [3.05, 3.63) is 100 Å². The number of rotatable bonds is 7. The fourth-order valence-corrected chi connectivity index (χ4v) is 4.93. The first-order chi connectivity index (χ1) is 17.4. The topological polar surface area (TPSA) is 109 Å². The van der Waals surface area contributed by atoms with E-state index >= 15 is 0 Å². The van der Waals surface area contributed by atoms with Crippen molar-refractivity contribution in [2.75, 3.05) is 13.2 Å². The average Bonchev–Trinajstić information content (AvgIpc) is 3.32. The quantitative estimate of drug-likeness (QED) is 0.402. The molecule has 0 radical (unpaired) electrons. The minimum Gasteiger partial charge on any atom is -0.491 e. The molecule has 190 valence electrons. The third kappa shape index (κ3) is 5.04. The summed E-state index contributed by atoms with van der Waals surface area (Å²) in [5, 5.41) is 40.2. The van der Waals surface area contributed by atoms with Gasteiger partial charge in [-0.2, -0.15) is 0 Å². The number of hydrogen-bond donors (Lipinski definition) is 4. The lowest BCUT2D eigenvalue weighted by molar-refractivity contribution is -0.231. The molecule has 6 atom stereocenters. The van der Waals surface area contributed by atoms with E-state index in [1.807, 2.05) is 61.5 Å². The summed E-state index contributed by atoms with van der Waals surface area (Å²) in [6.07, 6.45) is -5.26. The van der Waals surface area contributed by atoms with Gasteiger partial charge in [0.25, 0.3) is 0 Å². The second-order valence-electron chi connectivity index (χ2n) is 9.57. The molecule has 1 saturated heterocycles. The van der Waals surface area contributed by atoms with Gasteiger partial charge in [-0.3, -0.25) is 0 Å². The Balaban J connectivity index is 1.25. The number of benzene rings is 3. The second kappa shape index (κ2) is 10.7. The molecule has 5 rings (SSSR count). The van der Waals surface area contributed by atoms with E-state index in [1.165, 1.54) is 11.1 Å². The van der Waals surface area contributed by atoms with Crippen molar-refractivity contribution < 1.29 is 34.6 Å². The lowest BCUT2D eigenvalue weighted by Crippen LogP contribution is -2.55. The summed E-state index contributed by atoms with van der Waals surface area (Å²) >= 11 is 0. The smallest absolute Gasteiger partial charge is 0.119 e. The van der Waals surface area contributed by atoms with E-state index in [0.717, 1.165) is 22.4 Å². The number of aliphatic hydroxyl groups excluding tert-OH is 4. The van der Waals surface area contributed by atoms with Crippen molar-refractivity contribution in [2.45, 2.75) is 56.6 Å². The van der Waals surface area contributed by atoms with E-state index in [9.17, 15) is 20.4 Å². The molecule has 1 unspecified atom stereocenters. The predicted molar refractivity (Wildman–Crippen MR) is 133 cm³/mol. The molecule has 0 saturated carbocycles. The molecule has 2 heterocycles.